The van der Waals surface area contributed by atoms with Gasteiger partial charge in [0.05, 0.1) is 6.10 Å². The van der Waals surface area contributed by atoms with Crippen LogP contribution in [0.4, 0.5) is 0 Å². The van der Waals surface area contributed by atoms with E-state index in [2.05, 4.69) is 11.9 Å². The first-order valence-corrected chi connectivity index (χ1v) is 7.40. The lowest BCUT2D eigenvalue weighted by Crippen LogP contribution is -2.33. The fourth-order valence-electron chi connectivity index (χ4n) is 2.27. The van der Waals surface area contributed by atoms with Crippen molar-refractivity contribution in [3.63, 3.8) is 0 Å². The van der Waals surface area contributed by atoms with Gasteiger partial charge in [0.15, 0.2) is 0 Å². The van der Waals surface area contributed by atoms with E-state index in [4.69, 9.17) is 10.5 Å². The van der Waals surface area contributed by atoms with Crippen LogP contribution in [0, 0.1) is 6.92 Å². The molecule has 0 unspecified atom stereocenters. The van der Waals surface area contributed by atoms with E-state index in [1.165, 1.54) is 4.57 Å². The zero-order chi connectivity index (χ0) is 14.0. The van der Waals surface area contributed by atoms with Gasteiger partial charge in [0.25, 0.3) is 5.56 Å². The van der Waals surface area contributed by atoms with E-state index in [-0.39, 0.29) is 17.9 Å². The fourth-order valence-corrected chi connectivity index (χ4v) is 3.39. The van der Waals surface area contributed by atoms with E-state index in [0.29, 0.717) is 17.4 Å². The SMILES string of the molecule is CCS[C@H]1C[C@H](n2cc(C)c(=O)[nH]c2=O)O[C@@H]1CN. The van der Waals surface area contributed by atoms with Crippen LogP contribution in [0.3, 0.4) is 0 Å². The average Bonchev–Trinajstić information content (AvgIpc) is 2.77. The molecule has 0 saturated carbocycles. The van der Waals surface area contributed by atoms with Gasteiger partial charge in [-0.3, -0.25) is 14.3 Å². The molecule has 2 rings (SSSR count). The molecule has 6 nitrogen and oxygen atoms in total. The average molecular weight is 285 g/mol. The quantitative estimate of drug-likeness (QED) is 0.825. The molecule has 1 fully saturated rings. The summed E-state index contributed by atoms with van der Waals surface area (Å²) < 4.78 is 7.29. The summed E-state index contributed by atoms with van der Waals surface area (Å²) in [5.41, 5.74) is 5.42. The summed E-state index contributed by atoms with van der Waals surface area (Å²) in [5, 5.41) is 0.291. The van der Waals surface area contributed by atoms with Gasteiger partial charge in [-0.05, 0) is 12.7 Å². The fraction of sp³-hybridized carbons (Fsp3) is 0.667. The molecule has 2 heterocycles. The summed E-state index contributed by atoms with van der Waals surface area (Å²) >= 11 is 1.79. The number of thioether (sulfide) groups is 1. The standard InChI is InChI=1S/C12H19N3O3S/c1-3-19-9-4-10(18-8(9)5-13)15-6-7(2)11(16)14-12(15)17/h6,8-10H,3-5,13H2,1-2H3,(H,14,16,17)/t8-,9+,10-/m1/s1. The van der Waals surface area contributed by atoms with Crippen molar-refractivity contribution in [2.75, 3.05) is 12.3 Å². The van der Waals surface area contributed by atoms with Gasteiger partial charge in [-0.15, -0.1) is 0 Å². The Bertz CT molecular complexity index is 554. The van der Waals surface area contributed by atoms with Gasteiger partial charge in [0.2, 0.25) is 0 Å². The molecule has 1 aromatic rings. The van der Waals surface area contributed by atoms with Gasteiger partial charge >= 0.3 is 5.69 Å². The Morgan fingerprint density at radius 1 is 1.58 bits per heavy atom. The molecule has 1 aromatic heterocycles. The van der Waals surface area contributed by atoms with Crippen LogP contribution in [0.1, 0.15) is 25.1 Å². The van der Waals surface area contributed by atoms with E-state index in [1.807, 2.05) is 0 Å². The second kappa shape index (κ2) is 5.94. The third kappa shape index (κ3) is 2.93. The number of hydrogen-bond donors (Lipinski definition) is 2. The predicted octanol–water partition coefficient (Wildman–Crippen LogP) is 0.213. The van der Waals surface area contributed by atoms with E-state index in [1.54, 1.807) is 24.9 Å². The highest BCUT2D eigenvalue weighted by Gasteiger charge is 2.35. The molecule has 0 bridgehead atoms. The van der Waals surface area contributed by atoms with Crippen LogP contribution in [-0.4, -0.2) is 33.2 Å². The van der Waals surface area contributed by atoms with Gasteiger partial charge in [0, 0.05) is 30.0 Å². The molecule has 1 aliphatic heterocycles. The van der Waals surface area contributed by atoms with Gasteiger partial charge in [0.1, 0.15) is 6.23 Å². The molecule has 0 spiro atoms. The maximum atomic E-state index is 11.8. The van der Waals surface area contributed by atoms with Crippen molar-refractivity contribution in [1.82, 2.24) is 9.55 Å². The number of aromatic amines is 1. The number of aryl methyl sites for hydroxylation is 1. The summed E-state index contributed by atoms with van der Waals surface area (Å²) in [4.78, 5) is 25.5. The van der Waals surface area contributed by atoms with Crippen LogP contribution < -0.4 is 17.0 Å². The Labute approximate surface area is 115 Å². The number of nitrogens with two attached hydrogens (primary N) is 1. The first kappa shape index (κ1) is 14.4. The summed E-state index contributed by atoms with van der Waals surface area (Å²) in [6.45, 7) is 4.19. The molecule has 3 N–H and O–H groups in total. The van der Waals surface area contributed by atoms with Crippen molar-refractivity contribution in [3.05, 3.63) is 32.6 Å². The number of aromatic nitrogens is 2. The minimum absolute atomic E-state index is 0.0471. The normalized spacial score (nSPS) is 26.8. The second-order valence-electron chi connectivity index (χ2n) is 4.57. The number of rotatable bonds is 4. The highest BCUT2D eigenvalue weighted by molar-refractivity contribution is 7.99. The number of nitrogens with zero attached hydrogens (tertiary/aromatic N) is 1. The lowest BCUT2D eigenvalue weighted by atomic mass is 10.2. The Hall–Kier alpha value is -1.05. The zero-order valence-corrected chi connectivity index (χ0v) is 11.9. The van der Waals surface area contributed by atoms with Crippen molar-refractivity contribution in [2.45, 2.75) is 37.9 Å². The number of H-pyrrole nitrogens is 1. The van der Waals surface area contributed by atoms with Crippen molar-refractivity contribution < 1.29 is 4.74 Å². The third-order valence-corrected chi connectivity index (χ3v) is 4.51. The van der Waals surface area contributed by atoms with Crippen LogP contribution in [0.25, 0.3) is 0 Å². The molecule has 1 aliphatic rings. The van der Waals surface area contributed by atoms with Crippen molar-refractivity contribution in [3.8, 4) is 0 Å². The van der Waals surface area contributed by atoms with Gasteiger partial charge in [-0.1, -0.05) is 6.92 Å². The summed E-state index contributed by atoms with van der Waals surface area (Å²) in [5.74, 6) is 0.983. The molecule has 7 heteroatoms. The Kier molecular flexibility index (Phi) is 4.49. The molecule has 0 aliphatic carbocycles. The van der Waals surface area contributed by atoms with E-state index in [9.17, 15) is 9.59 Å². The monoisotopic (exact) mass is 285 g/mol. The smallest absolute Gasteiger partial charge is 0.330 e. The predicted molar refractivity (Wildman–Crippen MR) is 75.6 cm³/mol. The summed E-state index contributed by atoms with van der Waals surface area (Å²) in [6.07, 6.45) is 1.89. The van der Waals surface area contributed by atoms with Crippen molar-refractivity contribution in [2.24, 2.45) is 5.73 Å². The first-order valence-electron chi connectivity index (χ1n) is 6.36. The summed E-state index contributed by atoms with van der Waals surface area (Å²) in [6, 6.07) is 0. The minimum atomic E-state index is -0.432. The molecule has 0 aromatic carbocycles. The van der Waals surface area contributed by atoms with Crippen LogP contribution in [-0.2, 0) is 4.74 Å². The van der Waals surface area contributed by atoms with E-state index < -0.39 is 5.69 Å². The van der Waals surface area contributed by atoms with E-state index >= 15 is 0 Å². The Morgan fingerprint density at radius 3 is 2.95 bits per heavy atom. The number of nitrogens with one attached hydrogen (secondary N) is 1. The van der Waals surface area contributed by atoms with Crippen LogP contribution >= 0.6 is 11.8 Å². The lowest BCUT2D eigenvalue weighted by Gasteiger charge is -2.15. The molecule has 106 valence electrons. The zero-order valence-electron chi connectivity index (χ0n) is 11.1. The molecule has 1 saturated heterocycles. The van der Waals surface area contributed by atoms with Crippen LogP contribution in [0.5, 0.6) is 0 Å². The number of hydrogen-bond acceptors (Lipinski definition) is 5. The third-order valence-electron chi connectivity index (χ3n) is 3.25. The van der Waals surface area contributed by atoms with E-state index in [0.717, 1.165) is 12.2 Å². The molecule has 19 heavy (non-hydrogen) atoms. The highest BCUT2D eigenvalue weighted by atomic mass is 32.2. The van der Waals surface area contributed by atoms with Gasteiger partial charge < -0.3 is 10.5 Å². The minimum Gasteiger partial charge on any atom is -0.352 e. The molecular formula is C12H19N3O3S. The number of ether oxygens (including phenoxy) is 1. The van der Waals surface area contributed by atoms with Crippen molar-refractivity contribution in [1.29, 1.82) is 0 Å². The maximum Gasteiger partial charge on any atom is 0.330 e. The largest absolute Gasteiger partial charge is 0.352 e. The highest BCUT2D eigenvalue weighted by Crippen LogP contribution is 2.34. The Morgan fingerprint density at radius 2 is 2.32 bits per heavy atom. The molecule has 3 atom stereocenters. The Balaban J connectivity index is 2.27. The van der Waals surface area contributed by atoms with Crippen LogP contribution in [0.2, 0.25) is 0 Å². The maximum absolute atomic E-state index is 11.8. The second-order valence-corrected chi connectivity index (χ2v) is 6.09. The molecule has 0 radical (unpaired) electrons. The topological polar surface area (TPSA) is 90.1 Å². The molecular weight excluding hydrogens is 266 g/mol. The summed E-state index contributed by atoms with van der Waals surface area (Å²) in [7, 11) is 0. The van der Waals surface area contributed by atoms with Crippen molar-refractivity contribution >= 4 is 11.8 Å². The van der Waals surface area contributed by atoms with Gasteiger partial charge in [-0.25, -0.2) is 4.79 Å². The molecule has 0 amide bonds. The lowest BCUT2D eigenvalue weighted by molar-refractivity contribution is 0.00412. The van der Waals surface area contributed by atoms with Gasteiger partial charge in [-0.2, -0.15) is 11.8 Å². The van der Waals surface area contributed by atoms with Crippen LogP contribution in [0.15, 0.2) is 15.8 Å². The first-order chi connectivity index (χ1) is 9.06.